The number of nitrogens with zero attached hydrogens (tertiary/aromatic N) is 1. The first kappa shape index (κ1) is 24.8. The summed E-state index contributed by atoms with van der Waals surface area (Å²) in [4.78, 5) is 27.5. The van der Waals surface area contributed by atoms with E-state index in [0.29, 0.717) is 5.82 Å². The lowest BCUT2D eigenvalue weighted by molar-refractivity contribution is -0.114. The molecule has 178 valence electrons. The Balaban J connectivity index is 1.62. The Kier molecular flexibility index (Phi) is 7.62. The number of urea groups is 1. The topological polar surface area (TPSA) is 92.4 Å². The molecule has 1 aromatic heterocycles. The number of amides is 3. The van der Waals surface area contributed by atoms with Gasteiger partial charge in [0.2, 0.25) is 5.91 Å². The molecule has 10 heteroatoms. The van der Waals surface area contributed by atoms with Gasteiger partial charge in [-0.15, -0.1) is 0 Å². The minimum Gasteiger partial charge on any atom is -0.489 e. The molecule has 0 spiro atoms. The zero-order chi connectivity index (χ0) is 24.9. The van der Waals surface area contributed by atoms with Crippen molar-refractivity contribution < 1.29 is 23.1 Å². The fourth-order valence-corrected chi connectivity index (χ4v) is 4.19. The molecule has 3 amide bonds. The number of aromatic nitrogens is 1. The molecule has 0 saturated heterocycles. The minimum atomic E-state index is -1.71. The Morgan fingerprint density at radius 2 is 1.65 bits per heavy atom. The van der Waals surface area contributed by atoms with Gasteiger partial charge in [0.1, 0.15) is 29.8 Å². The number of pyridine rings is 1. The molecule has 7 nitrogen and oxygen atoms in total. The highest BCUT2D eigenvalue weighted by atomic mass is 28.3. The van der Waals surface area contributed by atoms with Gasteiger partial charge < -0.3 is 20.7 Å². The van der Waals surface area contributed by atoms with Crippen molar-refractivity contribution in [1.82, 2.24) is 4.98 Å². The van der Waals surface area contributed by atoms with E-state index in [9.17, 15) is 18.4 Å². The Bertz CT molecular complexity index is 1220. The van der Waals surface area contributed by atoms with Crippen LogP contribution in [0.3, 0.4) is 0 Å². The first-order valence-corrected chi connectivity index (χ1v) is 14.0. The van der Waals surface area contributed by atoms with Crippen LogP contribution in [0.1, 0.15) is 12.5 Å². The van der Waals surface area contributed by atoms with Crippen LogP contribution in [0.4, 0.5) is 30.8 Å². The zero-order valence-electron chi connectivity index (χ0n) is 19.3. The molecule has 0 aliphatic carbocycles. The van der Waals surface area contributed by atoms with E-state index in [4.69, 9.17) is 4.74 Å². The van der Waals surface area contributed by atoms with Gasteiger partial charge in [-0.1, -0.05) is 30.9 Å². The smallest absolute Gasteiger partial charge is 0.323 e. The zero-order valence-corrected chi connectivity index (χ0v) is 20.3. The second-order valence-corrected chi connectivity index (χ2v) is 13.8. The van der Waals surface area contributed by atoms with Gasteiger partial charge in [0, 0.05) is 19.2 Å². The van der Waals surface area contributed by atoms with Crippen molar-refractivity contribution in [3.05, 3.63) is 71.9 Å². The van der Waals surface area contributed by atoms with Crippen molar-refractivity contribution in [3.8, 4) is 5.75 Å². The third-order valence-electron chi connectivity index (χ3n) is 4.80. The molecule has 0 unspecified atom stereocenters. The van der Waals surface area contributed by atoms with Gasteiger partial charge in [-0.2, -0.15) is 0 Å². The summed E-state index contributed by atoms with van der Waals surface area (Å²) in [6, 6.07) is 11.2. The SMILES string of the molecule is CC(=O)Nc1cc(COc2ccc(NC(=O)Nc3cc([Si](C)(C)C)ccc3F)c(F)c2)ccn1. The average Bonchev–Trinajstić information content (AvgIpc) is 2.74. The molecule has 0 fully saturated rings. The first-order valence-electron chi connectivity index (χ1n) is 10.5. The van der Waals surface area contributed by atoms with E-state index in [1.807, 2.05) is 0 Å². The summed E-state index contributed by atoms with van der Waals surface area (Å²) in [5, 5.41) is 8.39. The summed E-state index contributed by atoms with van der Waals surface area (Å²) in [5.41, 5.74) is 0.681. The molecule has 0 atom stereocenters. The van der Waals surface area contributed by atoms with Gasteiger partial charge in [0.25, 0.3) is 0 Å². The summed E-state index contributed by atoms with van der Waals surface area (Å²) >= 11 is 0. The lowest BCUT2D eigenvalue weighted by Gasteiger charge is -2.18. The van der Waals surface area contributed by atoms with Crippen molar-refractivity contribution in [3.63, 3.8) is 0 Å². The van der Waals surface area contributed by atoms with E-state index in [-0.39, 0.29) is 29.6 Å². The van der Waals surface area contributed by atoms with E-state index in [1.54, 1.807) is 24.3 Å². The Morgan fingerprint density at radius 3 is 2.32 bits per heavy atom. The summed E-state index contributed by atoms with van der Waals surface area (Å²) in [6.45, 7) is 7.83. The fraction of sp³-hybridized carbons (Fsp3) is 0.208. The number of carbonyl (C=O) groups excluding carboxylic acids is 2. The molecule has 0 bridgehead atoms. The summed E-state index contributed by atoms with van der Waals surface area (Å²) in [7, 11) is -1.71. The van der Waals surface area contributed by atoms with Crippen LogP contribution in [0, 0.1) is 11.6 Å². The molecule has 3 aromatic rings. The first-order chi connectivity index (χ1) is 16.0. The van der Waals surface area contributed by atoms with Gasteiger partial charge in [-0.05, 0) is 42.0 Å². The van der Waals surface area contributed by atoms with Crippen molar-refractivity contribution in [2.45, 2.75) is 33.2 Å². The van der Waals surface area contributed by atoms with Crippen molar-refractivity contribution in [1.29, 1.82) is 0 Å². The number of halogens is 2. The van der Waals surface area contributed by atoms with Crippen LogP contribution in [0.5, 0.6) is 5.75 Å². The number of rotatable bonds is 7. The van der Waals surface area contributed by atoms with E-state index >= 15 is 0 Å². The Hall–Kier alpha value is -3.79. The standard InChI is InChI=1S/C24H26F2N4O3Si/c1-15(31)28-23-11-16(9-10-27-23)14-33-17-5-8-21(20(26)12-17)29-24(32)30-22-13-18(34(2,3)4)6-7-19(22)25/h5-13H,14H2,1-4H3,(H,27,28,31)(H2,29,30,32). The second kappa shape index (κ2) is 10.4. The predicted octanol–water partition coefficient (Wildman–Crippen LogP) is 5.09. The third kappa shape index (κ3) is 6.85. The second-order valence-electron chi connectivity index (χ2n) is 8.68. The number of benzene rings is 2. The lowest BCUT2D eigenvalue weighted by Crippen LogP contribution is -2.38. The predicted molar refractivity (Wildman–Crippen MR) is 131 cm³/mol. The highest BCUT2D eigenvalue weighted by Crippen LogP contribution is 2.22. The molecule has 0 saturated carbocycles. The van der Waals surface area contributed by atoms with Crippen LogP contribution in [-0.2, 0) is 11.4 Å². The number of ether oxygens (including phenoxy) is 1. The average molecular weight is 485 g/mol. The van der Waals surface area contributed by atoms with E-state index in [1.165, 1.54) is 31.3 Å². The molecular weight excluding hydrogens is 458 g/mol. The van der Waals surface area contributed by atoms with Gasteiger partial charge in [0.05, 0.1) is 19.4 Å². The molecule has 1 heterocycles. The van der Waals surface area contributed by atoms with Crippen molar-refractivity contribution >= 4 is 42.4 Å². The number of nitrogens with one attached hydrogen (secondary N) is 3. The maximum atomic E-state index is 14.5. The number of anilines is 3. The number of carbonyl (C=O) groups is 2. The van der Waals surface area contributed by atoms with Crippen LogP contribution >= 0.6 is 0 Å². The van der Waals surface area contributed by atoms with Crippen LogP contribution < -0.4 is 25.9 Å². The van der Waals surface area contributed by atoms with Crippen molar-refractivity contribution in [2.24, 2.45) is 0 Å². The van der Waals surface area contributed by atoms with Crippen LogP contribution in [0.15, 0.2) is 54.7 Å². The molecule has 2 aromatic carbocycles. The van der Waals surface area contributed by atoms with Gasteiger partial charge in [-0.3, -0.25) is 4.79 Å². The minimum absolute atomic E-state index is 0.0359. The number of hydrogen-bond acceptors (Lipinski definition) is 4. The maximum absolute atomic E-state index is 14.5. The fourth-order valence-electron chi connectivity index (χ4n) is 3.03. The lowest BCUT2D eigenvalue weighted by atomic mass is 10.2. The Labute approximate surface area is 197 Å². The molecule has 0 aliphatic heterocycles. The molecule has 3 N–H and O–H groups in total. The molecule has 34 heavy (non-hydrogen) atoms. The monoisotopic (exact) mass is 484 g/mol. The van der Waals surface area contributed by atoms with Gasteiger partial charge >= 0.3 is 6.03 Å². The highest BCUT2D eigenvalue weighted by Gasteiger charge is 2.19. The van der Waals surface area contributed by atoms with E-state index in [2.05, 4.69) is 40.6 Å². The number of hydrogen-bond donors (Lipinski definition) is 3. The Morgan fingerprint density at radius 1 is 0.912 bits per heavy atom. The molecule has 0 aliphatic rings. The summed E-state index contributed by atoms with van der Waals surface area (Å²) in [6.07, 6.45) is 1.53. The van der Waals surface area contributed by atoms with Crippen molar-refractivity contribution in [2.75, 3.05) is 16.0 Å². The maximum Gasteiger partial charge on any atom is 0.323 e. The molecule has 3 rings (SSSR count). The molecular formula is C24H26F2N4O3Si. The highest BCUT2D eigenvalue weighted by molar-refractivity contribution is 6.88. The quantitative estimate of drug-likeness (QED) is 0.408. The van der Waals surface area contributed by atoms with Crippen LogP contribution in [0.2, 0.25) is 19.6 Å². The third-order valence-corrected chi connectivity index (χ3v) is 6.85. The normalized spacial score (nSPS) is 11.0. The van der Waals surface area contributed by atoms with Crippen LogP contribution in [0.25, 0.3) is 0 Å². The largest absolute Gasteiger partial charge is 0.489 e. The summed E-state index contributed by atoms with van der Waals surface area (Å²) < 4.78 is 34.3. The summed E-state index contributed by atoms with van der Waals surface area (Å²) in [5.74, 6) is -0.893. The molecule has 0 radical (unpaired) electrons. The van der Waals surface area contributed by atoms with Gasteiger partial charge in [-0.25, -0.2) is 18.6 Å². The van der Waals surface area contributed by atoms with Crippen LogP contribution in [-0.4, -0.2) is 25.0 Å². The van der Waals surface area contributed by atoms with Gasteiger partial charge in [0.15, 0.2) is 0 Å². The van der Waals surface area contributed by atoms with E-state index in [0.717, 1.165) is 16.8 Å². The van der Waals surface area contributed by atoms with E-state index < -0.39 is 25.7 Å².